The van der Waals surface area contributed by atoms with E-state index >= 15 is 0 Å². The van der Waals surface area contributed by atoms with Crippen LogP contribution in [-0.4, -0.2) is 14.0 Å². The van der Waals surface area contributed by atoms with Crippen molar-refractivity contribution in [1.82, 2.24) is 14.0 Å². The number of hydrogen-bond donors (Lipinski definition) is 0. The number of aromatic nitrogens is 3. The third-order valence-electron chi connectivity index (χ3n) is 3.33. The van der Waals surface area contributed by atoms with Crippen LogP contribution in [0.2, 0.25) is 0 Å². The van der Waals surface area contributed by atoms with Crippen molar-refractivity contribution in [2.24, 2.45) is 7.05 Å². The average molecular weight is 251 g/mol. The van der Waals surface area contributed by atoms with Crippen molar-refractivity contribution < 1.29 is 0 Å². The van der Waals surface area contributed by atoms with Gasteiger partial charge in [-0.1, -0.05) is 38.1 Å². The largest absolute Gasteiger partial charge is 0.313 e. The van der Waals surface area contributed by atoms with Crippen LogP contribution < -0.4 is 0 Å². The van der Waals surface area contributed by atoms with Gasteiger partial charge in [0, 0.05) is 7.05 Å². The Balaban J connectivity index is 0.000000528. The van der Waals surface area contributed by atoms with Gasteiger partial charge in [-0.15, -0.1) is 0 Å². The van der Waals surface area contributed by atoms with Gasteiger partial charge < -0.3 is 4.57 Å². The van der Waals surface area contributed by atoms with Crippen LogP contribution in [0.3, 0.4) is 0 Å². The van der Waals surface area contributed by atoms with Gasteiger partial charge in [-0.2, -0.15) is 0 Å². The maximum atomic E-state index is 4.68. The zero-order valence-corrected chi connectivity index (χ0v) is 11.5. The molecule has 3 nitrogen and oxygen atoms in total. The van der Waals surface area contributed by atoms with Crippen LogP contribution in [0.4, 0.5) is 0 Å². The average Bonchev–Trinajstić information content (AvgIpc) is 2.99. The molecule has 2 aromatic heterocycles. The van der Waals surface area contributed by atoms with E-state index in [1.807, 2.05) is 19.9 Å². The fourth-order valence-electron chi connectivity index (χ4n) is 2.52. The monoisotopic (exact) mass is 251 g/mol. The van der Waals surface area contributed by atoms with Gasteiger partial charge in [-0.05, 0) is 24.3 Å². The topological polar surface area (TPSA) is 22.2 Å². The summed E-state index contributed by atoms with van der Waals surface area (Å²) < 4.78 is 4.35. The van der Waals surface area contributed by atoms with Gasteiger partial charge >= 0.3 is 0 Å². The lowest BCUT2D eigenvalue weighted by molar-refractivity contribution is 0.973. The lowest BCUT2D eigenvalue weighted by Gasteiger charge is -1.94. The molecule has 4 aromatic rings. The molecule has 0 N–H and O–H groups in total. The molecule has 96 valence electrons. The summed E-state index contributed by atoms with van der Waals surface area (Å²) in [5.41, 5.74) is 4.63. The Hall–Kier alpha value is -2.29. The Morgan fingerprint density at radius 3 is 2.11 bits per heavy atom. The Bertz CT molecular complexity index is 852. The van der Waals surface area contributed by atoms with Gasteiger partial charge in [-0.3, -0.25) is 4.40 Å². The summed E-state index contributed by atoms with van der Waals surface area (Å²) in [7, 11) is 2.06. The molecule has 0 fully saturated rings. The summed E-state index contributed by atoms with van der Waals surface area (Å²) in [5, 5.41) is 0. The molecule has 0 spiro atoms. The molecular formula is C16H17N3. The smallest absolute Gasteiger partial charge is 0.215 e. The van der Waals surface area contributed by atoms with E-state index in [4.69, 9.17) is 0 Å². The van der Waals surface area contributed by atoms with Crippen molar-refractivity contribution >= 4 is 27.8 Å². The first-order valence-corrected chi connectivity index (χ1v) is 6.67. The highest BCUT2D eigenvalue weighted by Crippen LogP contribution is 2.24. The van der Waals surface area contributed by atoms with E-state index in [0.29, 0.717) is 0 Å². The van der Waals surface area contributed by atoms with E-state index in [1.165, 1.54) is 16.6 Å². The van der Waals surface area contributed by atoms with Gasteiger partial charge in [0.1, 0.15) is 0 Å². The molecule has 2 heterocycles. The lowest BCUT2D eigenvalue weighted by atomic mass is 10.3. The number of para-hydroxylation sites is 4. The number of imidazole rings is 2. The lowest BCUT2D eigenvalue weighted by Crippen LogP contribution is -1.87. The number of rotatable bonds is 0. The van der Waals surface area contributed by atoms with E-state index in [-0.39, 0.29) is 0 Å². The Kier molecular flexibility index (Phi) is 2.75. The highest BCUT2D eigenvalue weighted by Gasteiger charge is 2.12. The zero-order valence-electron chi connectivity index (χ0n) is 11.5. The van der Waals surface area contributed by atoms with Crippen LogP contribution in [0.25, 0.3) is 27.8 Å². The Morgan fingerprint density at radius 2 is 1.37 bits per heavy atom. The maximum absolute atomic E-state index is 4.68. The van der Waals surface area contributed by atoms with Crippen molar-refractivity contribution in [2.75, 3.05) is 0 Å². The first-order valence-electron chi connectivity index (χ1n) is 6.67. The molecule has 2 aromatic carbocycles. The Morgan fingerprint density at radius 1 is 0.789 bits per heavy atom. The molecule has 0 amide bonds. The minimum atomic E-state index is 0.993. The molecule has 0 aliphatic carbocycles. The molecule has 0 aliphatic heterocycles. The summed E-state index contributed by atoms with van der Waals surface area (Å²) in [6.07, 6.45) is 0. The Labute approximate surface area is 112 Å². The van der Waals surface area contributed by atoms with Crippen LogP contribution in [0.1, 0.15) is 13.8 Å². The molecular weight excluding hydrogens is 234 g/mol. The van der Waals surface area contributed by atoms with Gasteiger partial charge in [-0.25, -0.2) is 4.98 Å². The summed E-state index contributed by atoms with van der Waals surface area (Å²) >= 11 is 0. The van der Waals surface area contributed by atoms with Crippen molar-refractivity contribution in [2.45, 2.75) is 13.8 Å². The van der Waals surface area contributed by atoms with Crippen LogP contribution in [-0.2, 0) is 7.05 Å². The van der Waals surface area contributed by atoms with Crippen LogP contribution >= 0.6 is 0 Å². The molecule has 0 saturated heterocycles. The number of aryl methyl sites for hydroxylation is 1. The number of nitrogens with zero attached hydrogens (tertiary/aromatic N) is 3. The van der Waals surface area contributed by atoms with Gasteiger partial charge in [0.15, 0.2) is 0 Å². The van der Waals surface area contributed by atoms with E-state index in [2.05, 4.69) is 63.5 Å². The highest BCUT2D eigenvalue weighted by atomic mass is 15.2. The zero-order chi connectivity index (χ0) is 13.4. The molecule has 0 bridgehead atoms. The van der Waals surface area contributed by atoms with Crippen LogP contribution in [0, 0.1) is 0 Å². The summed E-state index contributed by atoms with van der Waals surface area (Å²) in [5.74, 6) is 0.993. The molecule has 19 heavy (non-hydrogen) atoms. The highest BCUT2D eigenvalue weighted by molar-refractivity contribution is 5.90. The minimum Gasteiger partial charge on any atom is -0.313 e. The van der Waals surface area contributed by atoms with E-state index in [0.717, 1.165) is 11.3 Å². The van der Waals surface area contributed by atoms with Crippen molar-refractivity contribution in [3.05, 3.63) is 48.5 Å². The van der Waals surface area contributed by atoms with E-state index in [9.17, 15) is 0 Å². The van der Waals surface area contributed by atoms with E-state index in [1.54, 1.807) is 0 Å². The third kappa shape index (κ3) is 1.55. The summed E-state index contributed by atoms with van der Waals surface area (Å²) in [6, 6.07) is 16.6. The SMILES string of the molecule is CC.Cn1c2ccccc2n2c3ccccc3nc12. The normalized spacial score (nSPS) is 10.9. The van der Waals surface area contributed by atoms with Gasteiger partial charge in [0.05, 0.1) is 22.1 Å². The molecule has 3 heteroatoms. The second kappa shape index (κ2) is 4.43. The predicted octanol–water partition coefficient (Wildman–Crippen LogP) is 4.01. The standard InChI is InChI=1S/C14H11N3.C2H6/c1-16-12-8-4-5-9-13(12)17-11-7-3-2-6-10(11)15-14(16)17;1-2/h2-9H,1H3;1-2H3. The number of fused-ring (bicyclic) bond motifs is 5. The molecule has 0 saturated carbocycles. The van der Waals surface area contributed by atoms with Crippen molar-refractivity contribution in [3.63, 3.8) is 0 Å². The van der Waals surface area contributed by atoms with Crippen molar-refractivity contribution in [3.8, 4) is 0 Å². The maximum Gasteiger partial charge on any atom is 0.215 e. The summed E-state index contributed by atoms with van der Waals surface area (Å²) in [4.78, 5) is 4.68. The summed E-state index contributed by atoms with van der Waals surface area (Å²) in [6.45, 7) is 4.00. The van der Waals surface area contributed by atoms with Crippen LogP contribution in [0.5, 0.6) is 0 Å². The predicted molar refractivity (Wildman–Crippen MR) is 80.5 cm³/mol. The third-order valence-corrected chi connectivity index (χ3v) is 3.33. The minimum absolute atomic E-state index is 0.993. The molecule has 0 aliphatic rings. The van der Waals surface area contributed by atoms with Gasteiger partial charge in [0.25, 0.3) is 0 Å². The second-order valence-electron chi connectivity index (χ2n) is 4.28. The molecule has 0 radical (unpaired) electrons. The molecule has 0 unspecified atom stereocenters. The first-order chi connectivity index (χ1) is 9.36. The van der Waals surface area contributed by atoms with Crippen LogP contribution in [0.15, 0.2) is 48.5 Å². The fraction of sp³-hybridized carbons (Fsp3) is 0.188. The number of hydrogen-bond acceptors (Lipinski definition) is 1. The number of benzene rings is 2. The van der Waals surface area contributed by atoms with Gasteiger partial charge in [0.2, 0.25) is 5.78 Å². The molecule has 4 rings (SSSR count). The quantitative estimate of drug-likeness (QED) is 0.463. The second-order valence-corrected chi connectivity index (χ2v) is 4.28. The fourth-order valence-corrected chi connectivity index (χ4v) is 2.52. The van der Waals surface area contributed by atoms with Crippen molar-refractivity contribution in [1.29, 1.82) is 0 Å². The molecule has 0 atom stereocenters. The first kappa shape index (κ1) is 11.8. The van der Waals surface area contributed by atoms with E-state index < -0.39 is 0 Å².